The van der Waals surface area contributed by atoms with Crippen LogP contribution in [0.3, 0.4) is 0 Å². The molecule has 0 aromatic carbocycles. The lowest BCUT2D eigenvalue weighted by Gasteiger charge is -2.35. The van der Waals surface area contributed by atoms with Gasteiger partial charge < -0.3 is 34.9 Å². The van der Waals surface area contributed by atoms with Gasteiger partial charge in [0.25, 0.3) is 0 Å². The van der Waals surface area contributed by atoms with Crippen LogP contribution in [0.5, 0.6) is 0 Å². The molecule has 0 aliphatic carbocycles. The van der Waals surface area contributed by atoms with Crippen molar-refractivity contribution in [2.24, 2.45) is 17.2 Å². The van der Waals surface area contributed by atoms with Gasteiger partial charge in [-0.3, -0.25) is 0 Å². The Hall–Kier alpha value is -0.0631. The minimum Gasteiger partial charge on any atom is -0.348 e. The third-order valence-electron chi connectivity index (χ3n) is 2.95. The van der Waals surface area contributed by atoms with Gasteiger partial charge in [-0.15, -0.1) is 0 Å². The van der Waals surface area contributed by atoms with Crippen LogP contribution in [0, 0.1) is 0 Å². The SMILES string of the molecule is CCC(C)O[Si](OC(C)CN)(OC(C)CN)OC(C)CN. The summed E-state index contributed by atoms with van der Waals surface area (Å²) in [5, 5.41) is 0. The molecule has 0 aromatic heterocycles. The molecular weight excluding hydrogens is 290 g/mol. The molecule has 7 nitrogen and oxygen atoms in total. The molecule has 0 saturated carbocycles. The van der Waals surface area contributed by atoms with E-state index in [0.717, 1.165) is 6.42 Å². The third-order valence-corrected chi connectivity index (χ3v) is 5.72. The Balaban J connectivity index is 5.23. The largest absolute Gasteiger partial charge is 0.680 e. The topological polar surface area (TPSA) is 115 Å². The molecule has 4 unspecified atom stereocenters. The van der Waals surface area contributed by atoms with Crippen molar-refractivity contribution in [3.05, 3.63) is 0 Å². The third kappa shape index (κ3) is 8.22. The standard InChI is InChI=1S/C13H33N3O4Si/c1-6-10(2)17-21(18-11(3)7-14,19-12(4)8-15)20-13(5)9-16/h10-13H,6-9,14-16H2,1-5H3. The quantitative estimate of drug-likeness (QED) is 0.443. The van der Waals surface area contributed by atoms with E-state index in [9.17, 15) is 0 Å². The van der Waals surface area contributed by atoms with Gasteiger partial charge in [0.1, 0.15) is 0 Å². The average Bonchev–Trinajstić information content (AvgIpc) is 2.46. The van der Waals surface area contributed by atoms with Gasteiger partial charge in [0.05, 0.1) is 18.3 Å². The fourth-order valence-electron chi connectivity index (χ4n) is 1.38. The molecule has 0 saturated heterocycles. The first-order chi connectivity index (χ1) is 9.82. The van der Waals surface area contributed by atoms with Crippen LogP contribution < -0.4 is 17.2 Å². The maximum Gasteiger partial charge on any atom is 0.680 e. The lowest BCUT2D eigenvalue weighted by atomic mass is 10.3. The van der Waals surface area contributed by atoms with Crippen LogP contribution in [0.25, 0.3) is 0 Å². The molecule has 0 radical (unpaired) electrons. The van der Waals surface area contributed by atoms with Crippen LogP contribution in [0.2, 0.25) is 0 Å². The van der Waals surface area contributed by atoms with Crippen molar-refractivity contribution >= 4 is 9.05 Å². The number of hydrogen-bond acceptors (Lipinski definition) is 7. The van der Waals surface area contributed by atoms with Gasteiger partial charge in [0.15, 0.2) is 0 Å². The summed E-state index contributed by atoms with van der Waals surface area (Å²) in [7, 11) is -3.37. The molecule has 0 bridgehead atoms. The Morgan fingerprint density at radius 2 is 0.952 bits per heavy atom. The summed E-state index contributed by atoms with van der Waals surface area (Å²) in [6.45, 7) is 10.6. The molecule has 8 heteroatoms. The molecule has 0 fully saturated rings. The van der Waals surface area contributed by atoms with E-state index < -0.39 is 9.05 Å². The summed E-state index contributed by atoms with van der Waals surface area (Å²) in [6.07, 6.45) is 0.0363. The predicted molar refractivity (Wildman–Crippen MR) is 85.4 cm³/mol. The van der Waals surface area contributed by atoms with Gasteiger partial charge >= 0.3 is 9.05 Å². The number of nitrogens with two attached hydrogens (primary N) is 3. The van der Waals surface area contributed by atoms with E-state index in [2.05, 4.69) is 0 Å². The van der Waals surface area contributed by atoms with E-state index in [4.69, 9.17) is 34.9 Å². The highest BCUT2D eigenvalue weighted by molar-refractivity contribution is 6.53. The zero-order chi connectivity index (χ0) is 16.5. The van der Waals surface area contributed by atoms with Crippen LogP contribution in [-0.4, -0.2) is 53.1 Å². The van der Waals surface area contributed by atoms with Crippen LogP contribution >= 0.6 is 0 Å². The molecule has 4 atom stereocenters. The molecule has 21 heavy (non-hydrogen) atoms. The van der Waals surface area contributed by atoms with Crippen molar-refractivity contribution in [1.82, 2.24) is 0 Å². The Morgan fingerprint density at radius 3 is 1.19 bits per heavy atom. The molecule has 0 aliphatic rings. The van der Waals surface area contributed by atoms with Crippen molar-refractivity contribution in [3.8, 4) is 0 Å². The highest BCUT2D eigenvalue weighted by Gasteiger charge is 2.50. The smallest absolute Gasteiger partial charge is 0.348 e. The summed E-state index contributed by atoms with van der Waals surface area (Å²) in [5.41, 5.74) is 17.0. The van der Waals surface area contributed by atoms with E-state index in [1.807, 2.05) is 34.6 Å². The van der Waals surface area contributed by atoms with Crippen molar-refractivity contribution in [2.45, 2.75) is 65.5 Å². The van der Waals surface area contributed by atoms with E-state index in [1.54, 1.807) is 0 Å². The van der Waals surface area contributed by atoms with Crippen LogP contribution in [-0.2, 0) is 17.7 Å². The lowest BCUT2D eigenvalue weighted by molar-refractivity contribution is -0.0925. The van der Waals surface area contributed by atoms with Crippen molar-refractivity contribution < 1.29 is 17.7 Å². The number of hydrogen-bond donors (Lipinski definition) is 3. The fourth-order valence-corrected chi connectivity index (χ4v) is 4.14. The van der Waals surface area contributed by atoms with Gasteiger partial charge in [-0.2, -0.15) is 0 Å². The van der Waals surface area contributed by atoms with Crippen molar-refractivity contribution in [1.29, 1.82) is 0 Å². The second-order valence-corrected chi connectivity index (χ2v) is 7.27. The van der Waals surface area contributed by atoms with Crippen LogP contribution in [0.1, 0.15) is 41.0 Å². The lowest BCUT2D eigenvalue weighted by Crippen LogP contribution is -2.57. The molecule has 128 valence electrons. The first-order valence-electron chi connectivity index (χ1n) is 7.63. The minimum atomic E-state index is -3.37. The van der Waals surface area contributed by atoms with Crippen molar-refractivity contribution in [3.63, 3.8) is 0 Å². The molecule has 0 aromatic rings. The maximum absolute atomic E-state index is 6.01. The second kappa shape index (κ2) is 10.6. The number of rotatable bonds is 12. The second-order valence-electron chi connectivity index (χ2n) is 5.33. The van der Waals surface area contributed by atoms with Crippen molar-refractivity contribution in [2.75, 3.05) is 19.6 Å². The van der Waals surface area contributed by atoms with E-state index in [1.165, 1.54) is 0 Å². The average molecular weight is 324 g/mol. The molecule has 0 aliphatic heterocycles. The first kappa shape index (κ1) is 20.9. The summed E-state index contributed by atoms with van der Waals surface area (Å²) in [4.78, 5) is 0. The van der Waals surface area contributed by atoms with Crippen LogP contribution in [0.15, 0.2) is 0 Å². The van der Waals surface area contributed by atoms with E-state index in [-0.39, 0.29) is 24.4 Å². The van der Waals surface area contributed by atoms with Gasteiger partial charge in [-0.25, -0.2) is 0 Å². The van der Waals surface area contributed by atoms with E-state index in [0.29, 0.717) is 19.6 Å². The first-order valence-corrected chi connectivity index (χ1v) is 9.27. The summed E-state index contributed by atoms with van der Waals surface area (Å²) in [6, 6.07) is 0. The summed E-state index contributed by atoms with van der Waals surface area (Å²) < 4.78 is 23.8. The highest BCUT2D eigenvalue weighted by Crippen LogP contribution is 2.21. The van der Waals surface area contributed by atoms with Gasteiger partial charge in [0.2, 0.25) is 0 Å². The molecule has 0 heterocycles. The van der Waals surface area contributed by atoms with Gasteiger partial charge in [-0.1, -0.05) is 6.92 Å². The Labute approximate surface area is 129 Å². The zero-order valence-electron chi connectivity index (χ0n) is 14.0. The summed E-state index contributed by atoms with van der Waals surface area (Å²) in [5.74, 6) is 0. The predicted octanol–water partition coefficient (Wildman–Crippen LogP) is 0.329. The minimum absolute atomic E-state index is 0.0587. The Kier molecular flexibility index (Phi) is 10.6. The molecule has 0 amide bonds. The molecule has 0 rings (SSSR count). The highest BCUT2D eigenvalue weighted by atomic mass is 28.4. The van der Waals surface area contributed by atoms with Crippen LogP contribution in [0.4, 0.5) is 0 Å². The summed E-state index contributed by atoms with van der Waals surface area (Å²) >= 11 is 0. The fraction of sp³-hybridized carbons (Fsp3) is 1.00. The normalized spacial score (nSPS) is 20.6. The monoisotopic (exact) mass is 323 g/mol. The Bertz CT molecular complexity index is 220. The Morgan fingerprint density at radius 1 is 0.667 bits per heavy atom. The zero-order valence-corrected chi connectivity index (χ0v) is 15.0. The maximum atomic E-state index is 6.01. The molecule has 6 N–H and O–H groups in total. The molecular formula is C13H33N3O4Si. The van der Waals surface area contributed by atoms with Gasteiger partial charge in [-0.05, 0) is 34.1 Å². The van der Waals surface area contributed by atoms with E-state index >= 15 is 0 Å². The molecule has 0 spiro atoms. The van der Waals surface area contributed by atoms with Gasteiger partial charge in [0, 0.05) is 25.7 Å².